The maximum atomic E-state index is 11.6. The Morgan fingerprint density at radius 2 is 1.07 bits per heavy atom. The molecule has 0 aliphatic heterocycles. The number of aliphatic hydroxyl groups excluding tert-OH is 2. The average Bonchev–Trinajstić information content (AvgIpc) is 3.79. The number of rotatable bonds is 19. The Bertz CT molecular complexity index is 1980. The first-order valence-corrected chi connectivity index (χ1v) is 20.2. The molecule has 4 aromatic carbocycles. The van der Waals surface area contributed by atoms with Gasteiger partial charge in [-0.25, -0.2) is 0 Å². The van der Waals surface area contributed by atoms with Crippen molar-refractivity contribution in [2.45, 2.75) is 76.9 Å². The second kappa shape index (κ2) is 19.0. The van der Waals surface area contributed by atoms with E-state index in [0.717, 1.165) is 47.9 Å². The Morgan fingerprint density at radius 1 is 0.672 bits per heavy atom. The van der Waals surface area contributed by atoms with E-state index in [0.29, 0.717) is 57.4 Å². The number of likely N-dealkylation sites (N-methyl/N-ethyl adjacent to an activating group) is 2. The largest absolute Gasteiger partial charge is 0.493 e. The van der Waals surface area contributed by atoms with Crippen molar-refractivity contribution in [3.8, 4) is 34.1 Å². The van der Waals surface area contributed by atoms with Gasteiger partial charge in [0.2, 0.25) is 0 Å². The van der Waals surface area contributed by atoms with Crippen LogP contribution in [0.3, 0.4) is 0 Å². The minimum Gasteiger partial charge on any atom is -0.493 e. The minimum absolute atomic E-state index is 0.198. The lowest BCUT2D eigenvalue weighted by atomic mass is 9.91. The molecule has 2 aliphatic carbocycles. The topological polar surface area (TPSA) is 158 Å². The van der Waals surface area contributed by atoms with Gasteiger partial charge in [-0.3, -0.25) is 19.4 Å². The molecule has 4 N–H and O–H groups in total. The van der Waals surface area contributed by atoms with Crippen LogP contribution in [0.25, 0.3) is 11.1 Å². The molecule has 14 heteroatoms. The van der Waals surface area contributed by atoms with E-state index in [2.05, 4.69) is 36.4 Å². The smallest absolute Gasteiger partial charge is 0.323 e. The molecule has 2 aliphatic rings. The molecule has 0 saturated heterocycles. The number of ether oxygens (including phenoxy) is 4. The molecule has 0 unspecified atom stereocenters. The molecular formula is C44H50Cl2N2O10. The summed E-state index contributed by atoms with van der Waals surface area (Å²) in [6.45, 7) is 3.85. The number of nitrogens with zero attached hydrogens (tertiary/aromatic N) is 2. The molecule has 0 radical (unpaired) electrons. The second-order valence-electron chi connectivity index (χ2n) is 14.6. The molecule has 58 heavy (non-hydrogen) atoms. The Labute approximate surface area is 348 Å². The van der Waals surface area contributed by atoms with E-state index < -0.39 is 37.2 Å². The molecule has 0 saturated carbocycles. The van der Waals surface area contributed by atoms with Crippen molar-refractivity contribution >= 4 is 35.1 Å². The second-order valence-corrected chi connectivity index (χ2v) is 15.4. The van der Waals surface area contributed by atoms with E-state index >= 15 is 0 Å². The molecule has 0 amide bonds. The normalized spacial score (nSPS) is 16.9. The zero-order valence-corrected chi connectivity index (χ0v) is 34.6. The summed E-state index contributed by atoms with van der Waals surface area (Å²) in [6, 6.07) is 17.5. The van der Waals surface area contributed by atoms with Gasteiger partial charge in [-0.15, -0.1) is 0 Å². The van der Waals surface area contributed by atoms with Gasteiger partial charge < -0.3 is 39.4 Å². The highest BCUT2D eigenvalue weighted by atomic mass is 35.5. The SMILES string of the molecule is CCOc1cc(O[C@H]2CCc3c(-c4cccc5c4CC[C@@H]5Oc4cc(OCC)c(CN(C)[C@@H](CO)C(=O)O)cc4Cl)cccc32)c(Cl)cc1CN(C)[C@@H](CO)C(=O)O. The van der Waals surface area contributed by atoms with Crippen LogP contribution in [0.1, 0.15) is 72.3 Å². The predicted molar refractivity (Wildman–Crippen MR) is 220 cm³/mol. The lowest BCUT2D eigenvalue weighted by Crippen LogP contribution is -2.40. The number of carbonyl (C=O) groups is 2. The Morgan fingerprint density at radius 3 is 1.41 bits per heavy atom. The molecule has 0 spiro atoms. The van der Waals surface area contributed by atoms with Gasteiger partial charge in [-0.2, -0.15) is 0 Å². The first-order valence-electron chi connectivity index (χ1n) is 19.4. The van der Waals surface area contributed by atoms with Crippen molar-refractivity contribution < 1.29 is 49.0 Å². The molecule has 12 nitrogen and oxygen atoms in total. The predicted octanol–water partition coefficient (Wildman–Crippen LogP) is 7.35. The summed E-state index contributed by atoms with van der Waals surface area (Å²) in [5.74, 6) is -0.234. The zero-order chi connectivity index (χ0) is 41.7. The lowest BCUT2D eigenvalue weighted by Gasteiger charge is -2.25. The van der Waals surface area contributed by atoms with Gasteiger partial charge >= 0.3 is 11.9 Å². The fourth-order valence-electron chi connectivity index (χ4n) is 8.02. The highest BCUT2D eigenvalue weighted by molar-refractivity contribution is 6.32. The number of benzene rings is 4. The molecule has 0 heterocycles. The van der Waals surface area contributed by atoms with E-state index in [1.807, 2.05) is 13.8 Å². The number of fused-ring (bicyclic) bond motifs is 2. The van der Waals surface area contributed by atoms with Crippen molar-refractivity contribution in [2.75, 3.05) is 40.5 Å². The average molecular weight is 838 g/mol. The molecule has 6 rings (SSSR count). The van der Waals surface area contributed by atoms with Crippen LogP contribution in [0.2, 0.25) is 10.0 Å². The highest BCUT2D eigenvalue weighted by Crippen LogP contribution is 2.47. The van der Waals surface area contributed by atoms with E-state index in [1.165, 1.54) is 20.9 Å². The number of halogens is 2. The summed E-state index contributed by atoms with van der Waals surface area (Å²) in [5.41, 5.74) is 8.25. The summed E-state index contributed by atoms with van der Waals surface area (Å²) >= 11 is 13.6. The summed E-state index contributed by atoms with van der Waals surface area (Å²) in [7, 11) is 3.25. The molecule has 0 bridgehead atoms. The van der Waals surface area contributed by atoms with Gasteiger partial charge in [0.1, 0.15) is 47.3 Å². The molecule has 310 valence electrons. The van der Waals surface area contributed by atoms with Crippen molar-refractivity contribution in [2.24, 2.45) is 0 Å². The van der Waals surface area contributed by atoms with E-state index in [1.54, 1.807) is 38.4 Å². The number of hydrogen-bond acceptors (Lipinski definition) is 10. The first kappa shape index (κ1) is 43.0. The van der Waals surface area contributed by atoms with Gasteiger partial charge in [0.15, 0.2) is 0 Å². The molecule has 4 aromatic rings. The van der Waals surface area contributed by atoms with E-state index in [9.17, 15) is 30.0 Å². The van der Waals surface area contributed by atoms with Crippen molar-refractivity contribution in [3.05, 3.63) is 104 Å². The fourth-order valence-corrected chi connectivity index (χ4v) is 8.48. The van der Waals surface area contributed by atoms with Gasteiger partial charge in [0.25, 0.3) is 0 Å². The van der Waals surface area contributed by atoms with Gasteiger partial charge in [0, 0.05) is 36.3 Å². The van der Waals surface area contributed by atoms with E-state index in [4.69, 9.17) is 42.1 Å². The van der Waals surface area contributed by atoms with Crippen LogP contribution in [0, 0.1) is 0 Å². The van der Waals surface area contributed by atoms with Gasteiger partial charge in [-0.1, -0.05) is 59.6 Å². The summed E-state index contributed by atoms with van der Waals surface area (Å²) in [6.07, 6.45) is 2.60. The first-order chi connectivity index (χ1) is 27.9. The molecular weight excluding hydrogens is 787 g/mol. The molecule has 4 atom stereocenters. The standard InChI is InChI=1S/C44H50Cl2N2O10/c1-5-55-39-19-41(33(45)17-25(39)21-47(3)35(23-49)43(51)52)57-37-15-13-29-27(9-7-11-31(29)37)28-10-8-12-32-30(28)14-16-38(32)58-42-20-40(56-6-2)26(18-34(42)46)22-48(4)36(24-50)44(53)54/h7-12,17-20,35-38,49-50H,5-6,13-16,21-24H2,1-4H3,(H,51,52)(H,53,54)/t35-,36-,37-,38-/m0/s1. The van der Waals surface area contributed by atoms with Gasteiger partial charge in [-0.05, 0) is 99.1 Å². The monoisotopic (exact) mass is 836 g/mol. The third-order valence-corrected chi connectivity index (χ3v) is 11.5. The maximum Gasteiger partial charge on any atom is 0.323 e. The molecule has 0 fully saturated rings. The van der Waals surface area contributed by atoms with Gasteiger partial charge in [0.05, 0.1) is 36.5 Å². The molecule has 0 aromatic heterocycles. The number of aliphatic hydroxyl groups is 2. The third-order valence-electron chi connectivity index (χ3n) is 10.9. The van der Waals surface area contributed by atoms with Crippen LogP contribution in [0.15, 0.2) is 60.7 Å². The number of carboxylic acids is 2. The Kier molecular flexibility index (Phi) is 14.1. The lowest BCUT2D eigenvalue weighted by molar-refractivity contribution is -0.145. The third kappa shape index (κ3) is 9.17. The Balaban J connectivity index is 1.23. The summed E-state index contributed by atoms with van der Waals surface area (Å²) in [4.78, 5) is 26.3. The quantitative estimate of drug-likeness (QED) is 0.0746. The van der Waals surface area contributed by atoms with Crippen molar-refractivity contribution in [1.29, 1.82) is 0 Å². The Hall–Kier alpha value is -4.56. The highest BCUT2D eigenvalue weighted by Gasteiger charge is 2.32. The van der Waals surface area contributed by atoms with Crippen molar-refractivity contribution in [1.82, 2.24) is 9.80 Å². The number of hydrogen-bond donors (Lipinski definition) is 4. The zero-order valence-electron chi connectivity index (χ0n) is 33.0. The van der Waals surface area contributed by atoms with Crippen LogP contribution in [0.4, 0.5) is 0 Å². The number of carboxylic acid groups (broad SMARTS) is 2. The van der Waals surface area contributed by atoms with Crippen LogP contribution in [-0.2, 0) is 35.5 Å². The maximum absolute atomic E-state index is 11.6. The van der Waals surface area contributed by atoms with Crippen molar-refractivity contribution in [3.63, 3.8) is 0 Å². The number of aliphatic carboxylic acids is 2. The van der Waals surface area contributed by atoms with Crippen LogP contribution >= 0.6 is 23.2 Å². The van der Waals surface area contributed by atoms with Crippen LogP contribution in [0.5, 0.6) is 23.0 Å². The van der Waals surface area contributed by atoms with Crippen LogP contribution < -0.4 is 18.9 Å². The minimum atomic E-state index is -1.12. The summed E-state index contributed by atoms with van der Waals surface area (Å²) in [5, 5.41) is 39.0. The van der Waals surface area contributed by atoms with E-state index in [-0.39, 0.29) is 25.3 Å². The summed E-state index contributed by atoms with van der Waals surface area (Å²) < 4.78 is 25.1. The van der Waals surface area contributed by atoms with Crippen LogP contribution in [-0.4, -0.2) is 94.8 Å². The fraction of sp³-hybridized carbons (Fsp3) is 0.409.